The van der Waals surface area contributed by atoms with Crippen LogP contribution in [-0.2, 0) is 49.6 Å². The maximum absolute atomic E-state index is 14.3. The number of nitrogens with zero attached hydrogens (tertiary/aromatic N) is 1. The quantitative estimate of drug-likeness (QED) is 0.0239. The number of nitrogens with two attached hydrogens (primary N) is 4. The molecule has 1 fully saturated rings. The van der Waals surface area contributed by atoms with E-state index in [1.807, 2.05) is 6.07 Å². The number of carboxylic acid groups (broad SMARTS) is 1. The highest BCUT2D eigenvalue weighted by atomic mass is 35.5. The number of rotatable bonds is 29. The second-order valence-corrected chi connectivity index (χ2v) is 18.7. The highest BCUT2D eigenvalue weighted by molar-refractivity contribution is 6.42. The van der Waals surface area contributed by atoms with E-state index in [9.17, 15) is 48.3 Å². The molecule has 71 heavy (non-hydrogen) atoms. The molecule has 8 amide bonds. The maximum Gasteiger partial charge on any atom is 0.326 e. The fraction of sp³-hybridized carbons (Fsp3) is 0.500. The van der Waals surface area contributed by atoms with Gasteiger partial charge in [-0.05, 0) is 73.3 Å². The molecule has 0 aromatic heterocycles. The van der Waals surface area contributed by atoms with Crippen LogP contribution in [0, 0.1) is 11.8 Å². The number of carbonyl (C=O) groups excluding carboxylic acids is 8. The Morgan fingerprint density at radius 2 is 1.24 bits per heavy atom. The topological polar surface area (TPSA) is 362 Å². The van der Waals surface area contributed by atoms with Crippen LogP contribution in [-0.4, -0.2) is 107 Å². The number of carboxylic acids is 1. The van der Waals surface area contributed by atoms with E-state index in [1.54, 1.807) is 50.3 Å². The predicted octanol–water partition coefficient (Wildman–Crippen LogP) is 1.45. The van der Waals surface area contributed by atoms with Gasteiger partial charge in [0.05, 0.1) is 16.5 Å². The van der Waals surface area contributed by atoms with Gasteiger partial charge in [0, 0.05) is 25.5 Å². The number of aliphatic imine (C=N–C) groups is 1. The summed E-state index contributed by atoms with van der Waals surface area (Å²) in [7, 11) is 0. The Balaban J connectivity index is 1.88. The van der Waals surface area contributed by atoms with Crippen molar-refractivity contribution in [2.75, 3.05) is 6.54 Å². The molecule has 21 nitrogen and oxygen atoms in total. The van der Waals surface area contributed by atoms with Gasteiger partial charge < -0.3 is 59.9 Å². The molecule has 0 saturated heterocycles. The van der Waals surface area contributed by atoms with Crippen LogP contribution in [0.15, 0.2) is 59.6 Å². The van der Waals surface area contributed by atoms with Crippen molar-refractivity contribution in [3.63, 3.8) is 0 Å². The van der Waals surface area contributed by atoms with Crippen LogP contribution >= 0.6 is 23.2 Å². The first-order valence-corrected chi connectivity index (χ1v) is 24.2. The molecule has 6 atom stereocenters. The van der Waals surface area contributed by atoms with Gasteiger partial charge in [-0.3, -0.25) is 43.3 Å². The zero-order chi connectivity index (χ0) is 52.6. The molecule has 3 rings (SSSR count). The zero-order valence-electron chi connectivity index (χ0n) is 39.9. The SMILES string of the molecule is CC(C)C[C@H](NC(=O)[C@H](CC(N)=O)NC(=O)[C@H](CC1CCCCC1)NC(=O)[C@H](CCC(N)=O)NC(=O)[C@H](CCCN=C(N)N)NC(=O)/C=C/c1ccccc1)C(=O)N[C@@H](Cc1ccc(Cl)c(Cl)c1)C(=O)O. The molecule has 388 valence electrons. The van der Waals surface area contributed by atoms with Gasteiger partial charge in [0.1, 0.15) is 36.3 Å². The van der Waals surface area contributed by atoms with Crippen LogP contribution in [0.3, 0.4) is 0 Å². The van der Waals surface area contributed by atoms with E-state index in [2.05, 4.69) is 36.9 Å². The lowest BCUT2D eigenvalue weighted by Crippen LogP contribution is -2.60. The molecule has 1 aliphatic carbocycles. The highest BCUT2D eigenvalue weighted by Crippen LogP contribution is 2.28. The summed E-state index contributed by atoms with van der Waals surface area (Å²) in [5.74, 6) is -8.76. The molecule has 1 aliphatic rings. The number of primary amides is 2. The van der Waals surface area contributed by atoms with Crippen molar-refractivity contribution >= 4 is 88.5 Å². The number of guanidine groups is 1. The third-order valence-electron chi connectivity index (χ3n) is 11.5. The van der Waals surface area contributed by atoms with Crippen LogP contribution < -0.4 is 54.8 Å². The summed E-state index contributed by atoms with van der Waals surface area (Å²) in [6.45, 7) is 3.62. The molecule has 2 aromatic carbocycles. The van der Waals surface area contributed by atoms with E-state index >= 15 is 0 Å². The van der Waals surface area contributed by atoms with Gasteiger partial charge in [0.15, 0.2) is 5.96 Å². The first kappa shape index (κ1) is 58.6. The monoisotopic (exact) mass is 1030 g/mol. The van der Waals surface area contributed by atoms with Crippen molar-refractivity contribution in [2.45, 2.75) is 134 Å². The van der Waals surface area contributed by atoms with Gasteiger partial charge in [-0.1, -0.05) is 106 Å². The Morgan fingerprint density at radius 1 is 0.676 bits per heavy atom. The van der Waals surface area contributed by atoms with Crippen LogP contribution in [0.5, 0.6) is 0 Å². The first-order valence-electron chi connectivity index (χ1n) is 23.5. The molecule has 0 radical (unpaired) electrons. The van der Waals surface area contributed by atoms with Gasteiger partial charge in [-0.2, -0.15) is 0 Å². The van der Waals surface area contributed by atoms with Gasteiger partial charge >= 0.3 is 5.97 Å². The molecule has 0 bridgehead atoms. The summed E-state index contributed by atoms with van der Waals surface area (Å²) in [5.41, 5.74) is 23.1. The van der Waals surface area contributed by atoms with Gasteiger partial charge in [-0.25, -0.2) is 4.79 Å². The van der Waals surface area contributed by atoms with Crippen LogP contribution in [0.4, 0.5) is 0 Å². The van der Waals surface area contributed by atoms with Crippen molar-refractivity contribution in [3.8, 4) is 0 Å². The molecular weight excluding hydrogens is 962 g/mol. The van der Waals surface area contributed by atoms with Crippen molar-refractivity contribution in [1.82, 2.24) is 31.9 Å². The maximum atomic E-state index is 14.3. The summed E-state index contributed by atoms with van der Waals surface area (Å²) in [6.07, 6.45) is 5.59. The second-order valence-electron chi connectivity index (χ2n) is 17.9. The van der Waals surface area contributed by atoms with Crippen molar-refractivity contribution < 1.29 is 48.3 Å². The average Bonchev–Trinajstić information content (AvgIpc) is 3.30. The van der Waals surface area contributed by atoms with E-state index in [0.29, 0.717) is 18.4 Å². The smallest absolute Gasteiger partial charge is 0.326 e. The second kappa shape index (κ2) is 30.1. The Kier molecular flexibility index (Phi) is 24.8. The molecule has 23 heteroatoms. The molecule has 0 spiro atoms. The molecule has 0 unspecified atom stereocenters. The Labute approximate surface area is 422 Å². The lowest BCUT2D eigenvalue weighted by molar-refractivity contribution is -0.142. The predicted molar refractivity (Wildman–Crippen MR) is 268 cm³/mol. The summed E-state index contributed by atoms with van der Waals surface area (Å²) < 4.78 is 0. The van der Waals surface area contributed by atoms with E-state index in [1.165, 1.54) is 18.2 Å². The van der Waals surface area contributed by atoms with Crippen LogP contribution in [0.1, 0.15) is 102 Å². The average molecular weight is 1030 g/mol. The van der Waals surface area contributed by atoms with Crippen LogP contribution in [0.2, 0.25) is 10.0 Å². The van der Waals surface area contributed by atoms with Gasteiger partial charge in [0.25, 0.3) is 0 Å². The number of nitrogens with one attached hydrogen (secondary N) is 6. The molecular formula is C48H67Cl2N11O10. The molecule has 0 aliphatic heterocycles. The van der Waals surface area contributed by atoms with Crippen molar-refractivity contribution in [2.24, 2.45) is 39.8 Å². The molecule has 1 saturated carbocycles. The zero-order valence-corrected chi connectivity index (χ0v) is 41.4. The summed E-state index contributed by atoms with van der Waals surface area (Å²) in [5, 5.41) is 25.8. The first-order chi connectivity index (χ1) is 33.6. The largest absolute Gasteiger partial charge is 0.480 e. The van der Waals surface area contributed by atoms with Crippen molar-refractivity contribution in [1.29, 1.82) is 0 Å². The molecule has 15 N–H and O–H groups in total. The van der Waals surface area contributed by atoms with Gasteiger partial charge in [0.2, 0.25) is 47.3 Å². The Hall–Kier alpha value is -6.74. The standard InChI is InChI=1S/C48H67Cl2N11O10/c1-27(2)22-35(44(67)61-38(47(70)71)25-30-15-17-31(49)32(50)23-30)58-46(69)37(26-40(52)63)60-45(68)36(24-29-12-7-4-8-13-29)59-43(66)34(18-19-39(51)62)57-42(65)33(14-9-21-55-48(53)54)56-41(64)20-16-28-10-5-3-6-11-28/h3,5-6,10-11,15-17,20,23,27,29,33-38H,4,7-9,12-14,18-19,21-22,24-26H2,1-2H3,(H2,51,62)(H2,52,63)(H,56,64)(H,57,65)(H,58,69)(H,59,66)(H,60,68)(H,61,67)(H,70,71)(H4,53,54,55)/b20-16+/t33-,34-,35-,36-,37-,38-/m0/s1. The number of hydrogen-bond donors (Lipinski definition) is 11. The van der Waals surface area contributed by atoms with E-state index in [-0.39, 0.29) is 79.3 Å². The minimum atomic E-state index is -1.68. The number of amides is 8. The number of hydrogen-bond acceptors (Lipinski definition) is 10. The number of carbonyl (C=O) groups is 9. The van der Waals surface area contributed by atoms with Crippen molar-refractivity contribution in [3.05, 3.63) is 75.8 Å². The molecule has 2 aromatic rings. The lowest BCUT2D eigenvalue weighted by Gasteiger charge is -2.30. The van der Waals surface area contributed by atoms with E-state index in [4.69, 9.17) is 46.1 Å². The summed E-state index contributed by atoms with van der Waals surface area (Å²) in [6, 6.07) is 4.85. The van der Waals surface area contributed by atoms with Crippen LogP contribution in [0.25, 0.3) is 6.08 Å². The minimum absolute atomic E-state index is 0.0118. The van der Waals surface area contributed by atoms with Gasteiger partial charge in [-0.15, -0.1) is 0 Å². The number of aliphatic carboxylic acids is 1. The molecule has 0 heterocycles. The fourth-order valence-corrected chi connectivity index (χ4v) is 8.17. The van der Waals surface area contributed by atoms with E-state index in [0.717, 1.165) is 24.8 Å². The van der Waals surface area contributed by atoms with E-state index < -0.39 is 95.9 Å². The third-order valence-corrected chi connectivity index (χ3v) is 12.2. The minimum Gasteiger partial charge on any atom is -0.480 e. The highest BCUT2D eigenvalue weighted by Gasteiger charge is 2.35. The number of halogens is 2. The lowest BCUT2D eigenvalue weighted by atomic mass is 9.84. The fourth-order valence-electron chi connectivity index (χ4n) is 7.85. The summed E-state index contributed by atoms with van der Waals surface area (Å²) in [4.78, 5) is 124. The Bertz CT molecular complexity index is 2240. The number of benzene rings is 2. The normalized spacial score (nSPS) is 15.2. The Morgan fingerprint density at radius 3 is 1.83 bits per heavy atom. The summed E-state index contributed by atoms with van der Waals surface area (Å²) >= 11 is 12.1. The third kappa shape index (κ3) is 22.3.